The highest BCUT2D eigenvalue weighted by Gasteiger charge is 2.24. The first kappa shape index (κ1) is 15.3. The molecule has 1 unspecified atom stereocenters. The van der Waals surface area contributed by atoms with Gasteiger partial charge in [-0.15, -0.1) is 0 Å². The largest absolute Gasteiger partial charge is 0.496 e. The van der Waals surface area contributed by atoms with Gasteiger partial charge in [-0.3, -0.25) is 0 Å². The van der Waals surface area contributed by atoms with Gasteiger partial charge in [-0.2, -0.15) is 0 Å². The van der Waals surface area contributed by atoms with E-state index in [0.29, 0.717) is 22.6 Å². The van der Waals surface area contributed by atoms with Crippen LogP contribution in [-0.2, 0) is 20.9 Å². The monoisotopic (exact) mass is 270 g/mol. The lowest BCUT2D eigenvalue weighted by Crippen LogP contribution is -2.15. The lowest BCUT2D eigenvalue weighted by Gasteiger charge is -2.17. The molecule has 0 aliphatic carbocycles. The molecule has 0 spiro atoms. The van der Waals surface area contributed by atoms with Crippen molar-refractivity contribution < 1.29 is 28.8 Å². The number of rotatable bonds is 6. The second-order valence-electron chi connectivity index (χ2n) is 3.76. The molecule has 1 atom stereocenters. The second-order valence-corrected chi connectivity index (χ2v) is 3.76. The van der Waals surface area contributed by atoms with Gasteiger partial charge in [0.15, 0.2) is 6.10 Å². The van der Waals surface area contributed by atoms with E-state index in [4.69, 9.17) is 14.2 Å². The Morgan fingerprint density at radius 1 is 1.16 bits per heavy atom. The predicted octanol–water partition coefficient (Wildman–Crippen LogP) is 1.06. The number of carbonyl (C=O) groups excluding carboxylic acids is 1. The van der Waals surface area contributed by atoms with E-state index >= 15 is 0 Å². The van der Waals surface area contributed by atoms with Crippen LogP contribution in [0.25, 0.3) is 0 Å². The lowest BCUT2D eigenvalue weighted by atomic mass is 10.0. The average Bonchev–Trinajstić information content (AvgIpc) is 2.45. The van der Waals surface area contributed by atoms with E-state index in [1.165, 1.54) is 21.3 Å². The minimum atomic E-state index is -1.42. The summed E-state index contributed by atoms with van der Waals surface area (Å²) < 4.78 is 19.9. The molecule has 0 saturated heterocycles. The summed E-state index contributed by atoms with van der Waals surface area (Å²) in [6.45, 7) is 0.286. The van der Waals surface area contributed by atoms with Crippen molar-refractivity contribution in [2.24, 2.45) is 0 Å². The van der Waals surface area contributed by atoms with Crippen LogP contribution in [0.4, 0.5) is 0 Å². The Morgan fingerprint density at radius 2 is 1.79 bits per heavy atom. The highest BCUT2D eigenvalue weighted by atomic mass is 16.5. The van der Waals surface area contributed by atoms with Gasteiger partial charge in [0, 0.05) is 24.3 Å². The molecule has 0 aliphatic heterocycles. The first-order valence-corrected chi connectivity index (χ1v) is 5.58. The molecule has 1 aromatic rings. The Hall–Kier alpha value is -1.79. The minimum Gasteiger partial charge on any atom is -0.496 e. The van der Waals surface area contributed by atoms with E-state index in [-0.39, 0.29) is 6.61 Å². The summed E-state index contributed by atoms with van der Waals surface area (Å²) in [7, 11) is 5.71. The van der Waals surface area contributed by atoms with Crippen LogP contribution in [-0.4, -0.2) is 39.5 Å². The summed E-state index contributed by atoms with van der Waals surface area (Å²) in [5, 5.41) is 9.92. The molecular weight excluding hydrogens is 252 g/mol. The van der Waals surface area contributed by atoms with Crippen molar-refractivity contribution >= 4 is 5.97 Å². The molecule has 0 aliphatic rings. The number of aliphatic hydroxyl groups excluding tert-OH is 1. The van der Waals surface area contributed by atoms with Gasteiger partial charge in [0.25, 0.3) is 0 Å². The maximum absolute atomic E-state index is 11.4. The first-order chi connectivity index (χ1) is 9.08. The molecule has 0 aromatic heterocycles. The van der Waals surface area contributed by atoms with Crippen molar-refractivity contribution in [3.8, 4) is 11.5 Å². The Morgan fingerprint density at radius 3 is 2.26 bits per heavy atom. The van der Waals surface area contributed by atoms with Gasteiger partial charge in [-0.1, -0.05) is 0 Å². The van der Waals surface area contributed by atoms with Crippen LogP contribution in [0.15, 0.2) is 12.1 Å². The van der Waals surface area contributed by atoms with Crippen LogP contribution >= 0.6 is 0 Å². The normalized spacial score (nSPS) is 11.8. The van der Waals surface area contributed by atoms with Crippen molar-refractivity contribution in [1.29, 1.82) is 0 Å². The molecule has 0 heterocycles. The quantitative estimate of drug-likeness (QED) is 0.779. The Kier molecular flexibility index (Phi) is 5.59. The van der Waals surface area contributed by atoms with Gasteiger partial charge >= 0.3 is 5.97 Å². The van der Waals surface area contributed by atoms with Crippen molar-refractivity contribution in [3.05, 3.63) is 23.3 Å². The van der Waals surface area contributed by atoms with Gasteiger partial charge < -0.3 is 24.1 Å². The van der Waals surface area contributed by atoms with Gasteiger partial charge in [-0.25, -0.2) is 4.79 Å². The standard InChI is InChI=1S/C13H18O6/c1-16-7-8-5-9(12(14)13(15)19-4)11(18-3)6-10(8)17-2/h5-6,12,14H,7H2,1-4H3. The fourth-order valence-electron chi connectivity index (χ4n) is 1.71. The molecule has 6 heteroatoms. The molecule has 1 aromatic carbocycles. The smallest absolute Gasteiger partial charge is 0.339 e. The van der Waals surface area contributed by atoms with Crippen LogP contribution in [0.2, 0.25) is 0 Å². The number of methoxy groups -OCH3 is 4. The number of benzene rings is 1. The van der Waals surface area contributed by atoms with Crippen LogP contribution < -0.4 is 9.47 Å². The minimum absolute atomic E-state index is 0.286. The second kappa shape index (κ2) is 6.96. The number of carbonyl (C=O) groups is 1. The molecule has 6 nitrogen and oxygen atoms in total. The van der Waals surface area contributed by atoms with E-state index < -0.39 is 12.1 Å². The highest BCUT2D eigenvalue weighted by molar-refractivity contribution is 5.77. The number of hydrogen-bond acceptors (Lipinski definition) is 6. The van der Waals surface area contributed by atoms with E-state index in [1.54, 1.807) is 19.2 Å². The third kappa shape index (κ3) is 3.36. The molecule has 1 N–H and O–H groups in total. The average molecular weight is 270 g/mol. The Labute approximate surface area is 111 Å². The fourth-order valence-corrected chi connectivity index (χ4v) is 1.71. The lowest BCUT2D eigenvalue weighted by molar-refractivity contribution is -0.150. The number of esters is 1. The van der Waals surface area contributed by atoms with Gasteiger partial charge in [0.05, 0.1) is 27.9 Å². The number of aliphatic hydroxyl groups is 1. The zero-order valence-electron chi connectivity index (χ0n) is 11.4. The molecule has 0 fully saturated rings. The third-order valence-electron chi connectivity index (χ3n) is 2.65. The molecule has 0 bridgehead atoms. The summed E-state index contributed by atoms with van der Waals surface area (Å²) in [5.41, 5.74) is 1.01. The third-order valence-corrected chi connectivity index (χ3v) is 2.65. The Bertz CT molecular complexity index is 443. The van der Waals surface area contributed by atoms with Crippen molar-refractivity contribution in [2.75, 3.05) is 28.4 Å². The van der Waals surface area contributed by atoms with Crippen molar-refractivity contribution in [1.82, 2.24) is 0 Å². The van der Waals surface area contributed by atoms with Gasteiger partial charge in [0.1, 0.15) is 11.5 Å². The van der Waals surface area contributed by atoms with Gasteiger partial charge in [0.2, 0.25) is 0 Å². The molecule has 0 amide bonds. The summed E-state index contributed by atoms with van der Waals surface area (Å²) in [4.78, 5) is 11.4. The van der Waals surface area contributed by atoms with E-state index in [2.05, 4.69) is 4.74 Å². The van der Waals surface area contributed by atoms with Crippen molar-refractivity contribution in [2.45, 2.75) is 12.7 Å². The van der Waals surface area contributed by atoms with Crippen LogP contribution in [0.1, 0.15) is 17.2 Å². The summed E-state index contributed by atoms with van der Waals surface area (Å²) in [6, 6.07) is 3.19. The van der Waals surface area contributed by atoms with Crippen LogP contribution in [0.5, 0.6) is 11.5 Å². The van der Waals surface area contributed by atoms with Crippen LogP contribution in [0, 0.1) is 0 Å². The molecule has 0 saturated carbocycles. The van der Waals surface area contributed by atoms with Crippen molar-refractivity contribution in [3.63, 3.8) is 0 Å². The summed E-state index contributed by atoms with van der Waals surface area (Å²) >= 11 is 0. The fraction of sp³-hybridized carbons (Fsp3) is 0.462. The maximum Gasteiger partial charge on any atom is 0.339 e. The highest BCUT2D eigenvalue weighted by Crippen LogP contribution is 2.33. The molecular formula is C13H18O6. The van der Waals surface area contributed by atoms with E-state index in [0.717, 1.165) is 0 Å². The molecule has 106 valence electrons. The topological polar surface area (TPSA) is 74.2 Å². The molecule has 1 rings (SSSR count). The Balaban J connectivity index is 3.28. The van der Waals surface area contributed by atoms with Gasteiger partial charge in [-0.05, 0) is 6.07 Å². The SMILES string of the molecule is COCc1cc(C(O)C(=O)OC)c(OC)cc1OC. The molecule has 0 radical (unpaired) electrons. The van der Waals surface area contributed by atoms with E-state index in [9.17, 15) is 9.90 Å². The first-order valence-electron chi connectivity index (χ1n) is 5.58. The summed E-state index contributed by atoms with van der Waals surface area (Å²) in [5.74, 6) is 0.140. The molecule has 19 heavy (non-hydrogen) atoms. The maximum atomic E-state index is 11.4. The van der Waals surface area contributed by atoms with Crippen LogP contribution in [0.3, 0.4) is 0 Å². The number of ether oxygens (including phenoxy) is 4. The van der Waals surface area contributed by atoms with E-state index in [1.807, 2.05) is 0 Å². The zero-order valence-corrected chi connectivity index (χ0v) is 11.4. The predicted molar refractivity (Wildman–Crippen MR) is 67.2 cm³/mol. The number of hydrogen-bond donors (Lipinski definition) is 1. The summed E-state index contributed by atoms with van der Waals surface area (Å²) in [6.07, 6.45) is -1.42. The zero-order chi connectivity index (χ0) is 14.4.